The molecule has 0 bridgehead atoms. The SMILES string of the molecule is CN(CCNC(=O)c1cc2ccccc2s1)c1ccccc1. The average Bonchev–Trinajstić information content (AvgIpc) is 2.99. The van der Waals surface area contributed by atoms with Crippen LogP contribution >= 0.6 is 11.3 Å². The molecule has 1 amide bonds. The molecule has 3 nitrogen and oxygen atoms in total. The highest BCUT2D eigenvalue weighted by Crippen LogP contribution is 2.24. The second kappa shape index (κ2) is 6.62. The van der Waals surface area contributed by atoms with E-state index in [2.05, 4.69) is 22.3 Å². The van der Waals surface area contributed by atoms with Crippen LogP contribution in [0.3, 0.4) is 0 Å². The minimum absolute atomic E-state index is 0.00246. The predicted molar refractivity (Wildman–Crippen MR) is 93.9 cm³/mol. The maximum absolute atomic E-state index is 12.2. The number of hydrogen-bond donors (Lipinski definition) is 1. The third-order valence-corrected chi connectivity index (χ3v) is 4.69. The van der Waals surface area contributed by atoms with E-state index < -0.39 is 0 Å². The molecule has 0 saturated heterocycles. The molecular weight excluding hydrogens is 292 g/mol. The molecule has 0 unspecified atom stereocenters. The zero-order chi connectivity index (χ0) is 15.4. The van der Waals surface area contributed by atoms with E-state index >= 15 is 0 Å². The molecule has 22 heavy (non-hydrogen) atoms. The van der Waals surface area contributed by atoms with Gasteiger partial charge in [-0.05, 0) is 29.7 Å². The molecule has 0 aliphatic carbocycles. The Morgan fingerprint density at radius 2 is 1.82 bits per heavy atom. The van der Waals surface area contributed by atoms with E-state index in [0.717, 1.165) is 27.2 Å². The first kappa shape index (κ1) is 14.6. The molecule has 112 valence electrons. The molecule has 3 aromatic rings. The van der Waals surface area contributed by atoms with Crippen molar-refractivity contribution in [2.75, 3.05) is 25.0 Å². The minimum Gasteiger partial charge on any atom is -0.373 e. The summed E-state index contributed by atoms with van der Waals surface area (Å²) in [7, 11) is 2.03. The predicted octanol–water partition coefficient (Wildman–Crippen LogP) is 3.77. The summed E-state index contributed by atoms with van der Waals surface area (Å²) in [5, 5.41) is 4.11. The van der Waals surface area contributed by atoms with Crippen molar-refractivity contribution in [3.63, 3.8) is 0 Å². The molecule has 2 aromatic carbocycles. The van der Waals surface area contributed by atoms with Gasteiger partial charge in [-0.1, -0.05) is 36.4 Å². The van der Waals surface area contributed by atoms with Gasteiger partial charge in [0.25, 0.3) is 5.91 Å². The summed E-state index contributed by atoms with van der Waals surface area (Å²) >= 11 is 1.53. The molecule has 1 heterocycles. The Kier molecular flexibility index (Phi) is 4.39. The lowest BCUT2D eigenvalue weighted by molar-refractivity contribution is 0.0959. The van der Waals surface area contributed by atoms with Crippen molar-refractivity contribution >= 4 is 33.0 Å². The van der Waals surface area contributed by atoms with Crippen LogP contribution in [-0.2, 0) is 0 Å². The highest BCUT2D eigenvalue weighted by molar-refractivity contribution is 7.20. The summed E-state index contributed by atoms with van der Waals surface area (Å²) < 4.78 is 1.15. The van der Waals surface area contributed by atoms with E-state index in [-0.39, 0.29) is 5.91 Å². The summed E-state index contributed by atoms with van der Waals surface area (Å²) in [5.74, 6) is 0.00246. The Morgan fingerprint density at radius 3 is 2.59 bits per heavy atom. The number of fused-ring (bicyclic) bond motifs is 1. The molecule has 4 heteroatoms. The summed E-state index contributed by atoms with van der Waals surface area (Å²) in [5.41, 5.74) is 1.15. The van der Waals surface area contributed by atoms with Crippen molar-refractivity contribution in [2.45, 2.75) is 0 Å². The van der Waals surface area contributed by atoms with Gasteiger partial charge in [0, 0.05) is 30.5 Å². The van der Waals surface area contributed by atoms with Gasteiger partial charge in [-0.3, -0.25) is 4.79 Å². The molecule has 1 N–H and O–H groups in total. The second-order valence-corrected chi connectivity index (χ2v) is 6.25. The van der Waals surface area contributed by atoms with Gasteiger partial charge in [0.1, 0.15) is 0 Å². The van der Waals surface area contributed by atoms with E-state index in [9.17, 15) is 4.79 Å². The molecule has 0 aliphatic heterocycles. The average molecular weight is 310 g/mol. The van der Waals surface area contributed by atoms with E-state index in [1.54, 1.807) is 0 Å². The molecule has 0 radical (unpaired) electrons. The van der Waals surface area contributed by atoms with Crippen LogP contribution in [0, 0.1) is 0 Å². The van der Waals surface area contributed by atoms with Crippen LogP contribution in [0.25, 0.3) is 10.1 Å². The fourth-order valence-corrected chi connectivity index (χ4v) is 3.31. The fraction of sp³-hybridized carbons (Fsp3) is 0.167. The molecule has 0 saturated carbocycles. The summed E-state index contributed by atoms with van der Waals surface area (Å²) in [4.78, 5) is 15.1. The largest absolute Gasteiger partial charge is 0.373 e. The van der Waals surface area contributed by atoms with E-state index in [0.29, 0.717) is 6.54 Å². The number of nitrogens with zero attached hydrogens (tertiary/aromatic N) is 1. The maximum Gasteiger partial charge on any atom is 0.261 e. The number of rotatable bonds is 5. The number of para-hydroxylation sites is 1. The number of likely N-dealkylation sites (N-methyl/N-ethyl adjacent to an activating group) is 1. The third-order valence-electron chi connectivity index (χ3n) is 3.58. The Morgan fingerprint density at radius 1 is 1.09 bits per heavy atom. The van der Waals surface area contributed by atoms with E-state index in [1.165, 1.54) is 11.3 Å². The van der Waals surface area contributed by atoms with Crippen molar-refractivity contribution < 1.29 is 4.79 Å². The first-order valence-electron chi connectivity index (χ1n) is 7.27. The Labute approximate surface area is 134 Å². The molecule has 1 aromatic heterocycles. The van der Waals surface area contributed by atoms with Crippen LogP contribution in [0.2, 0.25) is 0 Å². The number of carbonyl (C=O) groups excluding carboxylic acids is 1. The molecule has 0 fully saturated rings. The van der Waals surface area contributed by atoms with Gasteiger partial charge in [-0.15, -0.1) is 11.3 Å². The lowest BCUT2D eigenvalue weighted by Crippen LogP contribution is -2.32. The van der Waals surface area contributed by atoms with Crippen LogP contribution in [0.15, 0.2) is 60.7 Å². The van der Waals surface area contributed by atoms with Crippen molar-refractivity contribution in [1.29, 1.82) is 0 Å². The van der Waals surface area contributed by atoms with Gasteiger partial charge in [-0.25, -0.2) is 0 Å². The summed E-state index contributed by atoms with van der Waals surface area (Å²) in [6.07, 6.45) is 0. The Hall–Kier alpha value is -2.33. The van der Waals surface area contributed by atoms with Crippen LogP contribution in [0.5, 0.6) is 0 Å². The normalized spacial score (nSPS) is 10.6. The van der Waals surface area contributed by atoms with Gasteiger partial charge in [-0.2, -0.15) is 0 Å². The molecule has 0 aliphatic rings. The third kappa shape index (κ3) is 3.28. The van der Waals surface area contributed by atoms with Crippen LogP contribution in [-0.4, -0.2) is 26.0 Å². The summed E-state index contributed by atoms with van der Waals surface area (Å²) in [6, 6.07) is 20.2. The fourth-order valence-electron chi connectivity index (χ4n) is 2.33. The van der Waals surface area contributed by atoms with Crippen molar-refractivity contribution in [1.82, 2.24) is 5.32 Å². The quantitative estimate of drug-likeness (QED) is 0.778. The zero-order valence-corrected chi connectivity index (χ0v) is 13.3. The zero-order valence-electron chi connectivity index (χ0n) is 12.5. The molecule has 0 spiro atoms. The number of carbonyl (C=O) groups is 1. The second-order valence-electron chi connectivity index (χ2n) is 5.16. The molecule has 3 rings (SSSR count). The summed E-state index contributed by atoms with van der Waals surface area (Å²) in [6.45, 7) is 1.40. The van der Waals surface area contributed by atoms with Gasteiger partial charge in [0.15, 0.2) is 0 Å². The number of benzene rings is 2. The van der Waals surface area contributed by atoms with Gasteiger partial charge >= 0.3 is 0 Å². The van der Waals surface area contributed by atoms with Crippen LogP contribution in [0.1, 0.15) is 9.67 Å². The van der Waals surface area contributed by atoms with Gasteiger partial charge in [0.2, 0.25) is 0 Å². The standard InChI is InChI=1S/C18H18N2OS/c1-20(15-8-3-2-4-9-15)12-11-19-18(21)17-13-14-7-5-6-10-16(14)22-17/h2-10,13H,11-12H2,1H3,(H,19,21). The highest BCUT2D eigenvalue weighted by atomic mass is 32.1. The van der Waals surface area contributed by atoms with Crippen molar-refractivity contribution in [3.05, 3.63) is 65.5 Å². The smallest absolute Gasteiger partial charge is 0.261 e. The lowest BCUT2D eigenvalue weighted by atomic mass is 10.2. The topological polar surface area (TPSA) is 32.3 Å². The minimum atomic E-state index is 0.00246. The maximum atomic E-state index is 12.2. The van der Waals surface area contributed by atoms with Crippen LogP contribution < -0.4 is 10.2 Å². The van der Waals surface area contributed by atoms with Crippen molar-refractivity contribution in [3.8, 4) is 0 Å². The van der Waals surface area contributed by atoms with Crippen molar-refractivity contribution in [2.24, 2.45) is 0 Å². The van der Waals surface area contributed by atoms with E-state index in [1.807, 2.05) is 55.6 Å². The lowest BCUT2D eigenvalue weighted by Gasteiger charge is -2.19. The molecule has 0 atom stereocenters. The number of amides is 1. The Bertz CT molecular complexity index is 734. The number of anilines is 1. The van der Waals surface area contributed by atoms with Gasteiger partial charge < -0.3 is 10.2 Å². The Balaban J connectivity index is 1.56. The number of hydrogen-bond acceptors (Lipinski definition) is 3. The monoisotopic (exact) mass is 310 g/mol. The first-order valence-corrected chi connectivity index (χ1v) is 8.08. The first-order chi connectivity index (χ1) is 10.7. The van der Waals surface area contributed by atoms with Gasteiger partial charge in [0.05, 0.1) is 4.88 Å². The highest BCUT2D eigenvalue weighted by Gasteiger charge is 2.09. The molecular formula is C18H18N2OS. The number of nitrogens with one attached hydrogen (secondary N) is 1. The van der Waals surface area contributed by atoms with Crippen LogP contribution in [0.4, 0.5) is 5.69 Å². The van der Waals surface area contributed by atoms with E-state index in [4.69, 9.17) is 0 Å². The number of thiophene rings is 1.